The molecule has 0 fully saturated rings. The van der Waals surface area contributed by atoms with Crippen LogP contribution >= 0.6 is 0 Å². The van der Waals surface area contributed by atoms with Crippen LogP contribution in [0.3, 0.4) is 0 Å². The molecular weight excluding hydrogens is 118 g/mol. The summed E-state index contributed by atoms with van der Waals surface area (Å²) in [5.41, 5.74) is 4.99. The van der Waals surface area contributed by atoms with Crippen molar-refractivity contribution in [3.8, 4) is 0 Å². The number of hydrogen-bond acceptors (Lipinski definition) is 3. The van der Waals surface area contributed by atoms with E-state index in [9.17, 15) is 0 Å². The van der Waals surface area contributed by atoms with Gasteiger partial charge >= 0.3 is 0 Å². The van der Waals surface area contributed by atoms with Crippen LogP contribution in [0, 0.1) is 5.92 Å². The van der Waals surface area contributed by atoms with Crippen molar-refractivity contribution in [3.05, 3.63) is 0 Å². The second kappa shape index (κ2) is 3.82. The summed E-state index contributed by atoms with van der Waals surface area (Å²) in [5.74, 6) is 0.373. The van der Waals surface area contributed by atoms with E-state index >= 15 is 0 Å². The van der Waals surface area contributed by atoms with Crippen LogP contribution in [0.5, 0.6) is 0 Å². The number of rotatable bonds is 3. The Hall–Kier alpha value is -0.120. The number of aliphatic hydroxyl groups is 2. The topological polar surface area (TPSA) is 66.5 Å². The fourth-order valence-corrected chi connectivity index (χ4v) is 0.622. The number of hydrogen-bond donors (Lipinski definition) is 3. The Kier molecular flexibility index (Phi) is 3.77. The third-order valence-corrected chi connectivity index (χ3v) is 1.11. The van der Waals surface area contributed by atoms with Gasteiger partial charge in [0, 0.05) is 0 Å². The molecule has 0 bridgehead atoms. The van der Waals surface area contributed by atoms with Gasteiger partial charge in [0.25, 0.3) is 0 Å². The smallest absolute Gasteiger partial charge is 0.128 e. The van der Waals surface area contributed by atoms with Gasteiger partial charge in [-0.3, -0.25) is 0 Å². The summed E-state index contributed by atoms with van der Waals surface area (Å²) in [6.45, 7) is 3.93. The maximum absolute atomic E-state index is 8.92. The zero-order valence-electron chi connectivity index (χ0n) is 5.91. The predicted octanol–water partition coefficient (Wildman–Crippen LogP) is -0.329. The van der Waals surface area contributed by atoms with Crippen LogP contribution in [0.4, 0.5) is 0 Å². The van der Waals surface area contributed by atoms with E-state index in [-0.39, 0.29) is 0 Å². The fraction of sp³-hybridized carbons (Fsp3) is 1.00. The lowest BCUT2D eigenvalue weighted by Gasteiger charge is -2.14. The molecule has 9 heavy (non-hydrogen) atoms. The second-order valence-corrected chi connectivity index (χ2v) is 2.69. The predicted molar refractivity (Wildman–Crippen MR) is 35.7 cm³/mol. The Labute approximate surface area is 55.5 Å². The molecule has 0 aliphatic carbocycles. The average Bonchev–Trinajstić information content (AvgIpc) is 1.63. The van der Waals surface area contributed by atoms with Gasteiger partial charge in [0.15, 0.2) is 0 Å². The second-order valence-electron chi connectivity index (χ2n) is 2.69. The standard InChI is InChI=1S/C6H15NO2/c1-4(2)3-5(8)6(7)9/h4-6,8-9H,3,7H2,1-2H3. The monoisotopic (exact) mass is 133 g/mol. The Morgan fingerprint density at radius 2 is 1.78 bits per heavy atom. The van der Waals surface area contributed by atoms with Crippen LogP contribution in [0.15, 0.2) is 0 Å². The highest BCUT2D eigenvalue weighted by atomic mass is 16.3. The van der Waals surface area contributed by atoms with E-state index in [0.29, 0.717) is 12.3 Å². The van der Waals surface area contributed by atoms with Crippen molar-refractivity contribution in [1.82, 2.24) is 0 Å². The first-order valence-corrected chi connectivity index (χ1v) is 3.15. The molecule has 4 N–H and O–H groups in total. The molecule has 0 aromatic heterocycles. The molecule has 0 heterocycles. The van der Waals surface area contributed by atoms with Gasteiger partial charge in [-0.25, -0.2) is 0 Å². The molecular formula is C6H15NO2. The molecule has 0 saturated carbocycles. The maximum atomic E-state index is 8.92. The van der Waals surface area contributed by atoms with Crippen molar-refractivity contribution in [2.45, 2.75) is 32.6 Å². The third-order valence-electron chi connectivity index (χ3n) is 1.11. The molecule has 2 unspecified atom stereocenters. The summed E-state index contributed by atoms with van der Waals surface area (Å²) in [6, 6.07) is 0. The van der Waals surface area contributed by atoms with E-state index in [2.05, 4.69) is 0 Å². The van der Waals surface area contributed by atoms with Crippen molar-refractivity contribution in [2.24, 2.45) is 11.7 Å². The van der Waals surface area contributed by atoms with Crippen LogP contribution in [0.2, 0.25) is 0 Å². The maximum Gasteiger partial charge on any atom is 0.128 e. The van der Waals surface area contributed by atoms with Crippen molar-refractivity contribution < 1.29 is 10.2 Å². The van der Waals surface area contributed by atoms with Gasteiger partial charge < -0.3 is 15.9 Å². The minimum Gasteiger partial charge on any atom is -0.389 e. The summed E-state index contributed by atoms with van der Waals surface area (Å²) < 4.78 is 0. The normalized spacial score (nSPS) is 18.0. The number of nitrogens with two attached hydrogens (primary N) is 1. The molecule has 0 saturated heterocycles. The van der Waals surface area contributed by atoms with Crippen LogP contribution in [0.1, 0.15) is 20.3 Å². The zero-order chi connectivity index (χ0) is 7.44. The largest absolute Gasteiger partial charge is 0.389 e. The molecule has 0 amide bonds. The summed E-state index contributed by atoms with van der Waals surface area (Å²) in [6.07, 6.45) is -1.31. The Bertz CT molecular complexity index is 73.5. The van der Waals surface area contributed by atoms with Gasteiger partial charge in [-0.2, -0.15) is 0 Å². The van der Waals surface area contributed by atoms with Gasteiger partial charge in [-0.1, -0.05) is 13.8 Å². The lowest BCUT2D eigenvalue weighted by Crippen LogP contribution is -2.34. The Balaban J connectivity index is 3.38. The first-order valence-electron chi connectivity index (χ1n) is 3.15. The van der Waals surface area contributed by atoms with Gasteiger partial charge in [0.2, 0.25) is 0 Å². The third kappa shape index (κ3) is 4.39. The van der Waals surface area contributed by atoms with Crippen LogP contribution < -0.4 is 5.73 Å². The van der Waals surface area contributed by atoms with Gasteiger partial charge in [0.1, 0.15) is 6.23 Å². The Morgan fingerprint density at radius 3 is 1.89 bits per heavy atom. The summed E-state index contributed by atoms with van der Waals surface area (Å²) in [4.78, 5) is 0. The molecule has 2 atom stereocenters. The molecule has 0 aliphatic heterocycles. The minimum absolute atomic E-state index is 0.373. The first kappa shape index (κ1) is 8.88. The lowest BCUT2D eigenvalue weighted by molar-refractivity contribution is 0.0116. The van der Waals surface area contributed by atoms with Crippen LogP contribution in [-0.4, -0.2) is 22.5 Å². The molecule has 0 aromatic rings. The van der Waals surface area contributed by atoms with Crippen LogP contribution in [-0.2, 0) is 0 Å². The zero-order valence-corrected chi connectivity index (χ0v) is 5.91. The summed E-state index contributed by atoms with van der Waals surface area (Å²) in [5, 5.41) is 17.5. The molecule has 0 aromatic carbocycles. The van der Waals surface area contributed by atoms with Crippen molar-refractivity contribution in [2.75, 3.05) is 0 Å². The van der Waals surface area contributed by atoms with Crippen molar-refractivity contribution in [1.29, 1.82) is 0 Å². The molecule has 3 nitrogen and oxygen atoms in total. The van der Waals surface area contributed by atoms with E-state index in [1.54, 1.807) is 0 Å². The average molecular weight is 133 g/mol. The quantitative estimate of drug-likeness (QED) is 0.462. The molecule has 0 radical (unpaired) electrons. The highest BCUT2D eigenvalue weighted by Crippen LogP contribution is 2.04. The molecule has 3 heteroatoms. The van der Waals surface area contributed by atoms with Crippen LogP contribution in [0.25, 0.3) is 0 Å². The highest BCUT2D eigenvalue weighted by molar-refractivity contribution is 4.61. The van der Waals surface area contributed by atoms with Gasteiger partial charge in [-0.05, 0) is 12.3 Å². The van der Waals surface area contributed by atoms with E-state index in [4.69, 9.17) is 15.9 Å². The lowest BCUT2D eigenvalue weighted by atomic mass is 10.1. The van der Waals surface area contributed by atoms with Gasteiger partial charge in [0.05, 0.1) is 6.10 Å². The van der Waals surface area contributed by atoms with E-state index in [1.165, 1.54) is 0 Å². The Morgan fingerprint density at radius 1 is 1.33 bits per heavy atom. The summed E-state index contributed by atoms with van der Waals surface area (Å²) >= 11 is 0. The molecule has 56 valence electrons. The SMILES string of the molecule is CC(C)CC(O)C(N)O. The molecule has 0 spiro atoms. The van der Waals surface area contributed by atoms with E-state index in [0.717, 1.165) is 0 Å². The first-order chi connectivity index (χ1) is 4.04. The minimum atomic E-state index is -1.09. The molecule has 0 aliphatic rings. The van der Waals surface area contributed by atoms with E-state index in [1.807, 2.05) is 13.8 Å². The number of aliphatic hydroxyl groups excluding tert-OH is 2. The van der Waals surface area contributed by atoms with Crippen molar-refractivity contribution >= 4 is 0 Å². The van der Waals surface area contributed by atoms with Crippen molar-refractivity contribution in [3.63, 3.8) is 0 Å². The summed E-state index contributed by atoms with van der Waals surface area (Å²) in [7, 11) is 0. The van der Waals surface area contributed by atoms with Gasteiger partial charge in [-0.15, -0.1) is 0 Å². The fourth-order valence-electron chi connectivity index (χ4n) is 0.622. The highest BCUT2D eigenvalue weighted by Gasteiger charge is 2.11. The molecule has 0 rings (SSSR count). The van der Waals surface area contributed by atoms with E-state index < -0.39 is 12.3 Å².